The Balaban J connectivity index is 2.08. The number of fused-ring (bicyclic) bond motifs is 1. The van der Waals surface area contributed by atoms with E-state index in [1.54, 1.807) is 24.5 Å². The van der Waals surface area contributed by atoms with E-state index in [9.17, 15) is 9.18 Å². The molecule has 1 amide bonds. The molecule has 7 heteroatoms. The van der Waals surface area contributed by atoms with Gasteiger partial charge in [0.15, 0.2) is 11.6 Å². The van der Waals surface area contributed by atoms with Gasteiger partial charge in [0, 0.05) is 25.0 Å². The second-order valence-corrected chi connectivity index (χ2v) is 6.74. The Morgan fingerprint density at radius 3 is 2.62 bits per heavy atom. The zero-order chi connectivity index (χ0) is 17.3. The van der Waals surface area contributed by atoms with Crippen molar-refractivity contribution < 1.29 is 9.18 Å². The van der Waals surface area contributed by atoms with Crippen LogP contribution in [0.15, 0.2) is 36.8 Å². The highest BCUT2D eigenvalue weighted by atomic mass is 19.1. The number of nitrogens with zero attached hydrogens (tertiary/aromatic N) is 4. The van der Waals surface area contributed by atoms with Crippen LogP contribution in [0.1, 0.15) is 27.2 Å². The second-order valence-electron chi connectivity index (χ2n) is 6.74. The first-order valence-corrected chi connectivity index (χ1v) is 7.58. The molecule has 0 unspecified atom stereocenters. The smallest absolute Gasteiger partial charge is 0.226 e. The van der Waals surface area contributed by atoms with Crippen LogP contribution in [0.4, 0.5) is 10.2 Å². The number of hydrogen-bond acceptors (Lipinski definition) is 4. The Hall–Kier alpha value is -2.83. The number of pyridine rings is 1. The summed E-state index contributed by atoms with van der Waals surface area (Å²) in [7, 11) is 0. The van der Waals surface area contributed by atoms with E-state index >= 15 is 0 Å². The van der Waals surface area contributed by atoms with E-state index in [1.165, 1.54) is 16.7 Å². The van der Waals surface area contributed by atoms with Crippen molar-refractivity contribution in [3.63, 3.8) is 0 Å². The van der Waals surface area contributed by atoms with Gasteiger partial charge in [-0.1, -0.05) is 20.8 Å². The summed E-state index contributed by atoms with van der Waals surface area (Å²) in [6.07, 6.45) is 4.81. The summed E-state index contributed by atoms with van der Waals surface area (Å²) in [5.41, 5.74) is 0.802. The second kappa shape index (κ2) is 5.99. The maximum atomic E-state index is 13.6. The number of halogens is 1. The summed E-state index contributed by atoms with van der Waals surface area (Å²) < 4.78 is 15.2. The van der Waals surface area contributed by atoms with E-state index in [0.717, 1.165) is 0 Å². The van der Waals surface area contributed by atoms with Crippen molar-refractivity contribution in [2.75, 3.05) is 5.32 Å². The Morgan fingerprint density at radius 1 is 1.25 bits per heavy atom. The molecular weight excluding hydrogens is 309 g/mol. The maximum Gasteiger partial charge on any atom is 0.226 e. The molecule has 0 atom stereocenters. The van der Waals surface area contributed by atoms with Crippen LogP contribution in [0.3, 0.4) is 0 Å². The van der Waals surface area contributed by atoms with Crippen LogP contribution in [0.25, 0.3) is 17.2 Å². The van der Waals surface area contributed by atoms with Crippen LogP contribution in [-0.4, -0.2) is 25.3 Å². The number of imidazole rings is 1. The number of carbonyl (C=O) groups excluding carboxylic acids is 1. The maximum absolute atomic E-state index is 13.6. The van der Waals surface area contributed by atoms with Gasteiger partial charge in [0.25, 0.3) is 0 Å². The Bertz CT molecular complexity index is 883. The summed E-state index contributed by atoms with van der Waals surface area (Å²) in [5, 5.41) is 2.80. The van der Waals surface area contributed by atoms with E-state index in [1.807, 2.05) is 20.8 Å². The molecule has 3 heterocycles. The fraction of sp³-hybridized carbons (Fsp3) is 0.294. The number of amides is 1. The summed E-state index contributed by atoms with van der Waals surface area (Å²) in [5.74, 6) is 0.107. The Kier molecular flexibility index (Phi) is 4.01. The number of anilines is 1. The molecule has 124 valence electrons. The number of nitrogens with one attached hydrogen (secondary N) is 1. The fourth-order valence-electron chi connectivity index (χ4n) is 2.40. The molecule has 0 aromatic carbocycles. The van der Waals surface area contributed by atoms with Gasteiger partial charge in [0.1, 0.15) is 17.2 Å². The minimum atomic E-state index is -0.412. The largest absolute Gasteiger partial charge is 0.309 e. The summed E-state index contributed by atoms with van der Waals surface area (Å²) in [4.78, 5) is 25.1. The standard InChI is InChI=1S/C17H18FN5O/c1-17(2,3)9-13(24)22-16-14(15-19-7-4-8-20-15)23-10-11(18)5-6-12(23)21-16/h4-8,10H,9H2,1-3H3,(H,22,24). The average molecular weight is 327 g/mol. The molecule has 0 saturated carbocycles. The fourth-order valence-corrected chi connectivity index (χ4v) is 2.40. The van der Waals surface area contributed by atoms with Gasteiger partial charge in [-0.05, 0) is 23.6 Å². The van der Waals surface area contributed by atoms with Crippen LogP contribution >= 0.6 is 0 Å². The number of carbonyl (C=O) groups is 1. The van der Waals surface area contributed by atoms with Crippen molar-refractivity contribution in [3.05, 3.63) is 42.6 Å². The molecule has 3 aromatic rings. The SMILES string of the molecule is CC(C)(C)CC(=O)Nc1nc2ccc(F)cn2c1-c1ncccn1. The number of rotatable bonds is 3. The summed E-state index contributed by atoms with van der Waals surface area (Å²) in [6, 6.07) is 4.55. The zero-order valence-corrected chi connectivity index (χ0v) is 13.7. The van der Waals surface area contributed by atoms with Gasteiger partial charge in [-0.15, -0.1) is 0 Å². The minimum Gasteiger partial charge on any atom is -0.309 e. The van der Waals surface area contributed by atoms with Gasteiger partial charge in [-0.2, -0.15) is 0 Å². The first kappa shape index (κ1) is 16.0. The Morgan fingerprint density at radius 2 is 1.96 bits per heavy atom. The average Bonchev–Trinajstić information content (AvgIpc) is 2.83. The van der Waals surface area contributed by atoms with E-state index in [-0.39, 0.29) is 11.3 Å². The van der Waals surface area contributed by atoms with Crippen LogP contribution in [0.2, 0.25) is 0 Å². The molecule has 1 N–H and O–H groups in total. The Labute approximate surface area is 138 Å². The highest BCUT2D eigenvalue weighted by molar-refractivity contribution is 5.94. The van der Waals surface area contributed by atoms with Gasteiger partial charge in [0.05, 0.1) is 0 Å². The molecule has 3 rings (SSSR count). The molecule has 0 radical (unpaired) electrons. The van der Waals surface area contributed by atoms with Crippen LogP contribution in [-0.2, 0) is 4.79 Å². The van der Waals surface area contributed by atoms with Crippen LogP contribution in [0.5, 0.6) is 0 Å². The molecule has 0 bridgehead atoms. The molecule has 6 nitrogen and oxygen atoms in total. The lowest BCUT2D eigenvalue weighted by Crippen LogP contribution is -2.20. The molecule has 24 heavy (non-hydrogen) atoms. The van der Waals surface area contributed by atoms with Gasteiger partial charge in [-0.25, -0.2) is 19.3 Å². The zero-order valence-electron chi connectivity index (χ0n) is 13.7. The molecule has 0 spiro atoms. The number of aromatic nitrogens is 4. The van der Waals surface area contributed by atoms with Crippen LogP contribution < -0.4 is 5.32 Å². The predicted octanol–water partition coefficient (Wildman–Crippen LogP) is 3.31. The monoisotopic (exact) mass is 327 g/mol. The summed E-state index contributed by atoms with van der Waals surface area (Å²) in [6.45, 7) is 5.94. The quantitative estimate of drug-likeness (QED) is 0.801. The number of hydrogen-bond donors (Lipinski definition) is 1. The van der Waals surface area contributed by atoms with Crippen LogP contribution in [0, 0.1) is 11.2 Å². The van der Waals surface area contributed by atoms with Gasteiger partial charge < -0.3 is 5.32 Å². The van der Waals surface area contributed by atoms with Gasteiger partial charge in [-0.3, -0.25) is 9.20 Å². The third-order valence-electron chi connectivity index (χ3n) is 3.31. The highest BCUT2D eigenvalue weighted by Crippen LogP contribution is 2.27. The van der Waals surface area contributed by atoms with Crippen molar-refractivity contribution in [1.29, 1.82) is 0 Å². The first-order valence-electron chi connectivity index (χ1n) is 7.58. The van der Waals surface area contributed by atoms with Gasteiger partial charge in [0.2, 0.25) is 5.91 Å². The van der Waals surface area contributed by atoms with Crippen molar-refractivity contribution in [2.45, 2.75) is 27.2 Å². The van der Waals surface area contributed by atoms with E-state index in [2.05, 4.69) is 20.3 Å². The van der Waals surface area contributed by atoms with E-state index in [4.69, 9.17) is 0 Å². The normalized spacial score (nSPS) is 11.7. The lowest BCUT2D eigenvalue weighted by Gasteiger charge is -2.16. The summed E-state index contributed by atoms with van der Waals surface area (Å²) >= 11 is 0. The van der Waals surface area contributed by atoms with Crippen molar-refractivity contribution in [3.8, 4) is 11.5 Å². The predicted molar refractivity (Wildman–Crippen MR) is 88.9 cm³/mol. The molecule has 0 fully saturated rings. The molecule has 0 aliphatic carbocycles. The molecule has 0 aliphatic rings. The third kappa shape index (κ3) is 3.40. The lowest BCUT2D eigenvalue weighted by atomic mass is 9.92. The van der Waals surface area contributed by atoms with Crippen molar-refractivity contribution in [1.82, 2.24) is 19.4 Å². The minimum absolute atomic E-state index is 0.154. The van der Waals surface area contributed by atoms with E-state index < -0.39 is 5.82 Å². The lowest BCUT2D eigenvalue weighted by molar-refractivity contribution is -0.117. The third-order valence-corrected chi connectivity index (χ3v) is 3.31. The van der Waals surface area contributed by atoms with Crippen molar-refractivity contribution in [2.24, 2.45) is 5.41 Å². The topological polar surface area (TPSA) is 72.2 Å². The molecular formula is C17H18FN5O. The van der Waals surface area contributed by atoms with Crippen molar-refractivity contribution >= 4 is 17.4 Å². The molecule has 0 saturated heterocycles. The highest BCUT2D eigenvalue weighted by Gasteiger charge is 2.21. The molecule has 3 aromatic heterocycles. The van der Waals surface area contributed by atoms with Gasteiger partial charge >= 0.3 is 0 Å². The first-order chi connectivity index (χ1) is 11.3. The van der Waals surface area contributed by atoms with E-state index in [0.29, 0.717) is 29.4 Å². The molecule has 0 aliphatic heterocycles.